The Morgan fingerprint density at radius 1 is 1.36 bits per heavy atom. The monoisotopic (exact) mass is 324 g/mol. The van der Waals surface area contributed by atoms with Crippen LogP contribution in [0.1, 0.15) is 37.9 Å². The van der Waals surface area contributed by atoms with E-state index < -0.39 is 6.10 Å². The first-order chi connectivity index (χ1) is 10.4. The SMILES string of the molecule is CC1CCC(C(N)=O)CN1C(=O)CC(O)c1ccc(Cl)cc1. The van der Waals surface area contributed by atoms with Crippen molar-refractivity contribution in [2.24, 2.45) is 11.7 Å². The molecule has 2 amide bonds. The molecule has 5 nitrogen and oxygen atoms in total. The Balaban J connectivity index is 2.00. The summed E-state index contributed by atoms with van der Waals surface area (Å²) in [5.74, 6) is -0.836. The number of halogens is 1. The van der Waals surface area contributed by atoms with E-state index in [0.29, 0.717) is 23.6 Å². The number of primary amides is 1. The number of carbonyl (C=O) groups is 2. The molecule has 3 unspecified atom stereocenters. The third-order valence-electron chi connectivity index (χ3n) is 4.23. The Labute approximate surface area is 135 Å². The van der Waals surface area contributed by atoms with Crippen LogP contribution in [-0.2, 0) is 9.59 Å². The van der Waals surface area contributed by atoms with Crippen LogP contribution in [0.4, 0.5) is 0 Å². The Bertz CT molecular complexity index is 547. The molecule has 1 aliphatic rings. The van der Waals surface area contributed by atoms with Crippen LogP contribution in [0.5, 0.6) is 0 Å². The van der Waals surface area contributed by atoms with E-state index in [-0.39, 0.29) is 30.2 Å². The normalized spacial score (nSPS) is 23.1. The van der Waals surface area contributed by atoms with Gasteiger partial charge in [-0.1, -0.05) is 23.7 Å². The first-order valence-electron chi connectivity index (χ1n) is 7.40. The fourth-order valence-electron chi connectivity index (χ4n) is 2.77. The van der Waals surface area contributed by atoms with Gasteiger partial charge in [-0.25, -0.2) is 0 Å². The Hall–Kier alpha value is -1.59. The number of rotatable bonds is 4. The smallest absolute Gasteiger partial charge is 0.225 e. The average Bonchev–Trinajstić information content (AvgIpc) is 2.47. The number of amides is 2. The molecular weight excluding hydrogens is 304 g/mol. The van der Waals surface area contributed by atoms with Gasteiger partial charge in [0.05, 0.1) is 18.4 Å². The zero-order valence-electron chi connectivity index (χ0n) is 12.5. The summed E-state index contributed by atoms with van der Waals surface area (Å²) in [6.07, 6.45) is 0.555. The number of piperidine rings is 1. The van der Waals surface area contributed by atoms with Crippen LogP contribution in [0.2, 0.25) is 5.02 Å². The van der Waals surface area contributed by atoms with E-state index in [2.05, 4.69) is 0 Å². The van der Waals surface area contributed by atoms with E-state index in [0.717, 1.165) is 6.42 Å². The Morgan fingerprint density at radius 3 is 2.59 bits per heavy atom. The third kappa shape index (κ3) is 3.99. The highest BCUT2D eigenvalue weighted by Crippen LogP contribution is 2.25. The van der Waals surface area contributed by atoms with E-state index in [4.69, 9.17) is 17.3 Å². The highest BCUT2D eigenvalue weighted by atomic mass is 35.5. The molecule has 0 saturated carbocycles. The molecule has 3 N–H and O–H groups in total. The molecule has 0 aliphatic carbocycles. The van der Waals surface area contributed by atoms with Crippen molar-refractivity contribution in [3.8, 4) is 0 Å². The summed E-state index contributed by atoms with van der Waals surface area (Å²) in [6.45, 7) is 2.28. The predicted molar refractivity (Wildman–Crippen MR) is 84.1 cm³/mol. The minimum Gasteiger partial charge on any atom is -0.388 e. The molecule has 2 rings (SSSR count). The third-order valence-corrected chi connectivity index (χ3v) is 4.48. The lowest BCUT2D eigenvalue weighted by atomic mass is 9.92. The molecule has 22 heavy (non-hydrogen) atoms. The van der Waals surface area contributed by atoms with Gasteiger partial charge in [0.15, 0.2) is 0 Å². The zero-order chi connectivity index (χ0) is 16.3. The molecule has 1 aromatic rings. The van der Waals surface area contributed by atoms with Crippen molar-refractivity contribution in [1.82, 2.24) is 4.90 Å². The lowest BCUT2D eigenvalue weighted by Crippen LogP contribution is -2.48. The number of aliphatic hydroxyl groups is 1. The minimum atomic E-state index is -0.883. The predicted octanol–water partition coefficient (Wildman–Crippen LogP) is 1.88. The molecule has 120 valence electrons. The summed E-state index contributed by atoms with van der Waals surface area (Å²) in [5, 5.41) is 10.8. The fraction of sp³-hybridized carbons (Fsp3) is 0.500. The molecule has 0 spiro atoms. The summed E-state index contributed by atoms with van der Waals surface area (Å²) >= 11 is 5.81. The summed E-state index contributed by atoms with van der Waals surface area (Å²) in [7, 11) is 0. The summed E-state index contributed by atoms with van der Waals surface area (Å²) in [5.41, 5.74) is 5.99. The Kier molecular flexibility index (Phi) is 5.42. The summed E-state index contributed by atoms with van der Waals surface area (Å²) in [6, 6.07) is 6.81. The summed E-state index contributed by atoms with van der Waals surface area (Å²) in [4.78, 5) is 25.4. The number of hydrogen-bond acceptors (Lipinski definition) is 3. The van der Waals surface area contributed by atoms with Crippen molar-refractivity contribution in [1.29, 1.82) is 0 Å². The highest BCUT2D eigenvalue weighted by molar-refractivity contribution is 6.30. The second-order valence-corrected chi connectivity index (χ2v) is 6.28. The second kappa shape index (κ2) is 7.11. The topological polar surface area (TPSA) is 83.6 Å². The molecule has 0 aromatic heterocycles. The van der Waals surface area contributed by atoms with E-state index in [1.165, 1.54) is 0 Å². The minimum absolute atomic E-state index is 0.0164. The van der Waals surface area contributed by atoms with Gasteiger partial charge < -0.3 is 15.7 Å². The molecule has 1 aromatic carbocycles. The van der Waals surface area contributed by atoms with Gasteiger partial charge in [0, 0.05) is 17.6 Å². The van der Waals surface area contributed by atoms with Crippen molar-refractivity contribution in [2.45, 2.75) is 38.3 Å². The van der Waals surface area contributed by atoms with E-state index in [1.807, 2.05) is 6.92 Å². The van der Waals surface area contributed by atoms with Gasteiger partial charge in [0.2, 0.25) is 11.8 Å². The first kappa shape index (κ1) is 16.8. The number of benzene rings is 1. The first-order valence-corrected chi connectivity index (χ1v) is 7.78. The molecular formula is C16H21ClN2O3. The maximum Gasteiger partial charge on any atom is 0.225 e. The average molecular weight is 325 g/mol. The summed E-state index contributed by atoms with van der Waals surface area (Å²) < 4.78 is 0. The lowest BCUT2D eigenvalue weighted by molar-refractivity contribution is -0.139. The van der Waals surface area contributed by atoms with Crippen LogP contribution < -0.4 is 5.73 Å². The largest absolute Gasteiger partial charge is 0.388 e. The number of nitrogens with two attached hydrogens (primary N) is 1. The van der Waals surface area contributed by atoms with Gasteiger partial charge in [-0.05, 0) is 37.5 Å². The number of aliphatic hydroxyl groups excluding tert-OH is 1. The quantitative estimate of drug-likeness (QED) is 0.887. The van der Waals surface area contributed by atoms with Gasteiger partial charge in [0.1, 0.15) is 0 Å². The molecule has 1 fully saturated rings. The molecule has 1 saturated heterocycles. The molecule has 1 aliphatic heterocycles. The van der Waals surface area contributed by atoms with Crippen molar-refractivity contribution >= 4 is 23.4 Å². The van der Waals surface area contributed by atoms with Crippen molar-refractivity contribution in [2.75, 3.05) is 6.54 Å². The van der Waals surface area contributed by atoms with Gasteiger partial charge in [-0.3, -0.25) is 9.59 Å². The molecule has 3 atom stereocenters. The van der Waals surface area contributed by atoms with Crippen LogP contribution in [0.25, 0.3) is 0 Å². The maximum absolute atomic E-state index is 12.4. The van der Waals surface area contributed by atoms with Gasteiger partial charge in [-0.2, -0.15) is 0 Å². The molecule has 6 heteroatoms. The van der Waals surface area contributed by atoms with E-state index in [1.54, 1.807) is 29.2 Å². The van der Waals surface area contributed by atoms with Crippen LogP contribution in [0, 0.1) is 5.92 Å². The van der Waals surface area contributed by atoms with Crippen LogP contribution in [0.15, 0.2) is 24.3 Å². The van der Waals surface area contributed by atoms with Crippen LogP contribution in [0.3, 0.4) is 0 Å². The van der Waals surface area contributed by atoms with Crippen molar-refractivity contribution in [3.63, 3.8) is 0 Å². The van der Waals surface area contributed by atoms with Crippen LogP contribution in [-0.4, -0.2) is 34.4 Å². The number of likely N-dealkylation sites (tertiary alicyclic amines) is 1. The molecule has 1 heterocycles. The van der Waals surface area contributed by atoms with Gasteiger partial charge in [0.25, 0.3) is 0 Å². The number of carbonyl (C=O) groups excluding carboxylic acids is 2. The highest BCUT2D eigenvalue weighted by Gasteiger charge is 2.32. The van der Waals surface area contributed by atoms with Crippen molar-refractivity contribution < 1.29 is 14.7 Å². The van der Waals surface area contributed by atoms with Crippen molar-refractivity contribution in [3.05, 3.63) is 34.9 Å². The molecule has 0 radical (unpaired) electrons. The van der Waals surface area contributed by atoms with E-state index in [9.17, 15) is 14.7 Å². The van der Waals surface area contributed by atoms with Gasteiger partial charge >= 0.3 is 0 Å². The number of nitrogens with zero attached hydrogens (tertiary/aromatic N) is 1. The second-order valence-electron chi connectivity index (χ2n) is 5.84. The maximum atomic E-state index is 12.4. The Morgan fingerprint density at radius 2 is 2.00 bits per heavy atom. The molecule has 0 bridgehead atoms. The van der Waals surface area contributed by atoms with Crippen LogP contribution >= 0.6 is 11.6 Å². The lowest BCUT2D eigenvalue weighted by Gasteiger charge is -2.37. The van der Waals surface area contributed by atoms with E-state index >= 15 is 0 Å². The standard InChI is InChI=1S/C16H21ClN2O3/c1-10-2-3-12(16(18)22)9-19(10)15(21)8-14(20)11-4-6-13(17)7-5-11/h4-7,10,12,14,20H,2-3,8-9H2,1H3,(H2,18,22). The fourth-order valence-corrected chi connectivity index (χ4v) is 2.90. The number of hydrogen-bond donors (Lipinski definition) is 2. The van der Waals surface area contributed by atoms with Gasteiger partial charge in [-0.15, -0.1) is 0 Å². The zero-order valence-corrected chi connectivity index (χ0v) is 13.3.